The van der Waals surface area contributed by atoms with Crippen LogP contribution in [0.3, 0.4) is 0 Å². The van der Waals surface area contributed by atoms with Gasteiger partial charge in [0.1, 0.15) is 0 Å². The van der Waals surface area contributed by atoms with E-state index in [2.05, 4.69) is 48.5 Å². The molecule has 2 aromatic heterocycles. The third kappa shape index (κ3) is 3.50. The van der Waals surface area contributed by atoms with Gasteiger partial charge in [0.2, 0.25) is 5.91 Å². The van der Waals surface area contributed by atoms with E-state index in [1.165, 1.54) is 5.56 Å². The lowest BCUT2D eigenvalue weighted by atomic mass is 9.96. The van der Waals surface area contributed by atoms with Crippen LogP contribution in [0.2, 0.25) is 0 Å². The molecule has 0 spiro atoms. The predicted molar refractivity (Wildman–Crippen MR) is 103 cm³/mol. The van der Waals surface area contributed by atoms with Crippen molar-refractivity contribution >= 4 is 33.7 Å². The maximum Gasteiger partial charge on any atom is 0.230 e. The van der Waals surface area contributed by atoms with Gasteiger partial charge in [0.15, 0.2) is 11.5 Å². The van der Waals surface area contributed by atoms with Gasteiger partial charge >= 0.3 is 0 Å². The molecule has 0 bridgehead atoms. The van der Waals surface area contributed by atoms with Crippen molar-refractivity contribution in [2.45, 2.75) is 54.0 Å². The lowest BCUT2D eigenvalue weighted by Gasteiger charge is -2.16. The van der Waals surface area contributed by atoms with Crippen LogP contribution in [0.4, 0.5) is 5.82 Å². The highest BCUT2D eigenvalue weighted by molar-refractivity contribution is 6.03. The van der Waals surface area contributed by atoms with E-state index in [0.29, 0.717) is 5.82 Å². The Kier molecular flexibility index (Phi) is 4.50. The first-order chi connectivity index (χ1) is 11.8. The van der Waals surface area contributed by atoms with Crippen LogP contribution < -0.4 is 5.32 Å². The minimum Gasteiger partial charge on any atom is -0.308 e. The average Bonchev–Trinajstić information content (AvgIpc) is 2.87. The van der Waals surface area contributed by atoms with Crippen LogP contribution >= 0.6 is 0 Å². The van der Waals surface area contributed by atoms with Crippen LogP contribution in [-0.4, -0.2) is 20.7 Å². The maximum atomic E-state index is 12.4. The number of unbranched alkanes of at least 4 members (excludes halogenated alkanes) is 1. The van der Waals surface area contributed by atoms with Gasteiger partial charge in [-0.15, -0.1) is 0 Å². The number of hydrogen-bond acceptors (Lipinski definition) is 3. The van der Waals surface area contributed by atoms with Gasteiger partial charge < -0.3 is 5.32 Å². The van der Waals surface area contributed by atoms with E-state index >= 15 is 0 Å². The summed E-state index contributed by atoms with van der Waals surface area (Å²) >= 11 is 0. The summed E-state index contributed by atoms with van der Waals surface area (Å²) in [6.45, 7) is 10.7. The number of carbonyl (C=O) groups is 1. The number of aryl methyl sites for hydroxylation is 2. The van der Waals surface area contributed by atoms with Crippen LogP contribution in [0.25, 0.3) is 21.9 Å². The zero-order valence-electron chi connectivity index (χ0n) is 15.7. The van der Waals surface area contributed by atoms with Crippen LogP contribution in [0.5, 0.6) is 0 Å². The third-order valence-electron chi connectivity index (χ3n) is 4.31. The molecule has 2 heterocycles. The molecule has 0 aliphatic carbocycles. The van der Waals surface area contributed by atoms with Crippen LogP contribution in [0.1, 0.15) is 46.1 Å². The highest BCUT2D eigenvalue weighted by Gasteiger charge is 2.24. The summed E-state index contributed by atoms with van der Waals surface area (Å²) in [6, 6.07) is 8.30. The first-order valence-electron chi connectivity index (χ1n) is 8.89. The number of pyridine rings is 1. The molecule has 1 amide bonds. The number of nitrogens with zero attached hydrogens (tertiary/aromatic N) is 3. The quantitative estimate of drug-likeness (QED) is 0.751. The third-order valence-corrected chi connectivity index (χ3v) is 4.31. The Balaban J connectivity index is 2.15. The molecule has 0 saturated carbocycles. The van der Waals surface area contributed by atoms with E-state index in [-0.39, 0.29) is 5.91 Å². The monoisotopic (exact) mass is 338 g/mol. The highest BCUT2D eigenvalue weighted by Crippen LogP contribution is 2.28. The van der Waals surface area contributed by atoms with Gasteiger partial charge in [-0.25, -0.2) is 9.67 Å². The van der Waals surface area contributed by atoms with E-state index < -0.39 is 5.41 Å². The summed E-state index contributed by atoms with van der Waals surface area (Å²) in [6.07, 6.45) is 2.11. The first kappa shape index (κ1) is 17.4. The van der Waals surface area contributed by atoms with E-state index in [1.54, 1.807) is 0 Å². The van der Waals surface area contributed by atoms with E-state index in [1.807, 2.05) is 25.5 Å². The predicted octanol–water partition coefficient (Wildman–Crippen LogP) is 4.68. The summed E-state index contributed by atoms with van der Waals surface area (Å²) in [5.74, 6) is 0.555. The number of rotatable bonds is 4. The molecule has 132 valence electrons. The minimum absolute atomic E-state index is 0.0430. The van der Waals surface area contributed by atoms with Crippen molar-refractivity contribution < 1.29 is 4.79 Å². The number of hydrogen-bond donors (Lipinski definition) is 1. The molecule has 0 aliphatic rings. The molecule has 3 rings (SSSR count). The molecule has 0 aliphatic heterocycles. The van der Waals surface area contributed by atoms with Gasteiger partial charge in [0, 0.05) is 17.3 Å². The summed E-state index contributed by atoms with van der Waals surface area (Å²) in [7, 11) is 0. The maximum absolute atomic E-state index is 12.4. The summed E-state index contributed by atoms with van der Waals surface area (Å²) < 4.78 is 1.92. The van der Waals surface area contributed by atoms with Gasteiger partial charge in [0.05, 0.1) is 10.9 Å². The Morgan fingerprint density at radius 1 is 1.24 bits per heavy atom. The SMILES string of the molecule is CCCCn1nc(NC(=O)C(C)(C)C)c2cc3ccc(C)cc3nc21. The highest BCUT2D eigenvalue weighted by atomic mass is 16.2. The standard InChI is InChI=1S/C20H26N4O/c1-6-7-10-24-18-15(17(23-24)22-19(25)20(3,4)5)12-14-9-8-13(2)11-16(14)21-18/h8-9,11-12H,6-7,10H2,1-5H3,(H,22,23,25). The fraction of sp³-hybridized carbons (Fsp3) is 0.450. The fourth-order valence-corrected chi connectivity index (χ4v) is 2.71. The molecule has 1 aromatic carbocycles. The Hall–Kier alpha value is -2.43. The van der Waals surface area contributed by atoms with Crippen LogP contribution in [0, 0.1) is 12.3 Å². The molecule has 0 radical (unpaired) electrons. The molecule has 3 aromatic rings. The molecule has 0 unspecified atom stereocenters. The van der Waals surface area contributed by atoms with Gasteiger partial charge in [0.25, 0.3) is 0 Å². The Bertz CT molecular complexity index is 934. The van der Waals surface area contributed by atoms with Crippen molar-refractivity contribution in [2.24, 2.45) is 5.41 Å². The van der Waals surface area contributed by atoms with Gasteiger partial charge in [-0.2, -0.15) is 5.10 Å². The van der Waals surface area contributed by atoms with E-state index in [0.717, 1.165) is 41.3 Å². The van der Waals surface area contributed by atoms with Crippen molar-refractivity contribution in [1.82, 2.24) is 14.8 Å². The van der Waals surface area contributed by atoms with Crippen molar-refractivity contribution in [3.63, 3.8) is 0 Å². The summed E-state index contributed by atoms with van der Waals surface area (Å²) in [4.78, 5) is 17.3. The van der Waals surface area contributed by atoms with Crippen molar-refractivity contribution in [2.75, 3.05) is 5.32 Å². The zero-order valence-corrected chi connectivity index (χ0v) is 15.7. The Morgan fingerprint density at radius 3 is 2.68 bits per heavy atom. The lowest BCUT2D eigenvalue weighted by Crippen LogP contribution is -2.27. The largest absolute Gasteiger partial charge is 0.308 e. The molecule has 25 heavy (non-hydrogen) atoms. The average molecular weight is 338 g/mol. The van der Waals surface area contributed by atoms with Crippen molar-refractivity contribution in [1.29, 1.82) is 0 Å². The number of aromatic nitrogens is 3. The van der Waals surface area contributed by atoms with Crippen LogP contribution in [-0.2, 0) is 11.3 Å². The normalized spacial score (nSPS) is 12.0. The molecular weight excluding hydrogens is 312 g/mol. The summed E-state index contributed by atoms with van der Waals surface area (Å²) in [5, 5.41) is 9.58. The molecule has 5 heteroatoms. The smallest absolute Gasteiger partial charge is 0.230 e. The second-order valence-corrected chi connectivity index (χ2v) is 7.69. The summed E-state index contributed by atoms with van der Waals surface area (Å²) in [5.41, 5.74) is 2.50. The van der Waals surface area contributed by atoms with Gasteiger partial charge in [-0.3, -0.25) is 4.79 Å². The molecule has 5 nitrogen and oxygen atoms in total. The second-order valence-electron chi connectivity index (χ2n) is 7.69. The Labute approximate surface area is 148 Å². The molecule has 1 N–H and O–H groups in total. The van der Waals surface area contributed by atoms with E-state index in [4.69, 9.17) is 4.98 Å². The molecule has 0 atom stereocenters. The fourth-order valence-electron chi connectivity index (χ4n) is 2.71. The molecule has 0 fully saturated rings. The topological polar surface area (TPSA) is 59.8 Å². The number of amides is 1. The molecular formula is C20H26N4O. The van der Waals surface area contributed by atoms with Crippen LogP contribution in [0.15, 0.2) is 24.3 Å². The number of anilines is 1. The number of carbonyl (C=O) groups excluding carboxylic acids is 1. The minimum atomic E-state index is -0.471. The zero-order chi connectivity index (χ0) is 18.2. The van der Waals surface area contributed by atoms with Gasteiger partial charge in [-0.1, -0.05) is 46.2 Å². The number of benzene rings is 1. The number of nitrogens with one attached hydrogen (secondary N) is 1. The first-order valence-corrected chi connectivity index (χ1v) is 8.89. The van der Waals surface area contributed by atoms with E-state index in [9.17, 15) is 4.79 Å². The van der Waals surface area contributed by atoms with Crippen molar-refractivity contribution in [3.05, 3.63) is 29.8 Å². The number of fused-ring (bicyclic) bond motifs is 2. The molecule has 0 saturated heterocycles. The Morgan fingerprint density at radius 2 is 2.00 bits per heavy atom. The van der Waals surface area contributed by atoms with Crippen molar-refractivity contribution in [3.8, 4) is 0 Å². The lowest BCUT2D eigenvalue weighted by molar-refractivity contribution is -0.123. The second kappa shape index (κ2) is 6.47. The van der Waals surface area contributed by atoms with Gasteiger partial charge in [-0.05, 0) is 31.0 Å².